The largest absolute Gasteiger partial charge is 0.493 e. The molecular formula is C20H26N4O3. The molecule has 2 amide bonds. The topological polar surface area (TPSA) is 78.5 Å². The quantitative estimate of drug-likeness (QED) is 0.807. The summed E-state index contributed by atoms with van der Waals surface area (Å²) >= 11 is 0. The van der Waals surface area contributed by atoms with Crippen molar-refractivity contribution in [2.24, 2.45) is 0 Å². The van der Waals surface area contributed by atoms with E-state index in [0.717, 1.165) is 17.7 Å². The highest BCUT2D eigenvalue weighted by Crippen LogP contribution is 2.11. The van der Waals surface area contributed by atoms with Gasteiger partial charge in [-0.1, -0.05) is 18.2 Å². The van der Waals surface area contributed by atoms with Crippen molar-refractivity contribution in [3.8, 4) is 5.75 Å². The summed E-state index contributed by atoms with van der Waals surface area (Å²) in [6.07, 6.45) is 5.87. The number of para-hydroxylation sites is 1. The fourth-order valence-corrected chi connectivity index (χ4v) is 3.17. The van der Waals surface area contributed by atoms with Crippen LogP contribution in [0, 0.1) is 0 Å². The maximum atomic E-state index is 12.4. The number of hydrogen-bond donors (Lipinski definition) is 1. The predicted molar refractivity (Wildman–Crippen MR) is 101 cm³/mol. The molecule has 7 heteroatoms. The number of carbonyl (C=O) groups is 2. The van der Waals surface area contributed by atoms with Crippen LogP contribution in [0.5, 0.6) is 5.75 Å². The Hall–Kier alpha value is -2.83. The second-order valence-electron chi connectivity index (χ2n) is 6.63. The fraction of sp³-hybridized carbons (Fsp3) is 0.450. The molecule has 0 radical (unpaired) electrons. The summed E-state index contributed by atoms with van der Waals surface area (Å²) in [4.78, 5) is 28.6. The fourth-order valence-electron chi connectivity index (χ4n) is 3.17. The highest BCUT2D eigenvalue weighted by molar-refractivity contribution is 5.78. The molecule has 27 heavy (non-hydrogen) atoms. The summed E-state index contributed by atoms with van der Waals surface area (Å²) < 4.78 is 5.61. The van der Waals surface area contributed by atoms with Gasteiger partial charge in [0, 0.05) is 38.8 Å². The average Bonchev–Trinajstić information content (AvgIpc) is 3.09. The minimum atomic E-state index is 0.0821. The zero-order valence-electron chi connectivity index (χ0n) is 15.5. The molecule has 0 aliphatic carbocycles. The number of aromatic amines is 1. The van der Waals surface area contributed by atoms with Gasteiger partial charge in [0.05, 0.1) is 19.2 Å². The summed E-state index contributed by atoms with van der Waals surface area (Å²) in [6, 6.07) is 9.50. The van der Waals surface area contributed by atoms with Crippen LogP contribution >= 0.6 is 0 Å². The molecule has 2 heterocycles. The van der Waals surface area contributed by atoms with Gasteiger partial charge < -0.3 is 14.5 Å². The van der Waals surface area contributed by atoms with Crippen molar-refractivity contribution in [3.05, 3.63) is 48.3 Å². The summed E-state index contributed by atoms with van der Waals surface area (Å²) in [5.41, 5.74) is 1.04. The molecule has 1 N–H and O–H groups in total. The lowest BCUT2D eigenvalue weighted by atomic mass is 10.2. The molecule has 0 spiro atoms. The number of aromatic nitrogens is 2. The third kappa shape index (κ3) is 5.84. The number of H-pyrrole nitrogens is 1. The Labute approximate surface area is 159 Å². The van der Waals surface area contributed by atoms with Crippen LogP contribution in [0.4, 0.5) is 0 Å². The molecule has 0 unspecified atom stereocenters. The molecule has 2 aromatic rings. The van der Waals surface area contributed by atoms with Crippen molar-refractivity contribution in [2.75, 3.05) is 32.8 Å². The highest BCUT2D eigenvalue weighted by atomic mass is 16.5. The molecule has 1 aromatic carbocycles. The number of carbonyl (C=O) groups excluding carboxylic acids is 2. The molecule has 1 aliphatic heterocycles. The van der Waals surface area contributed by atoms with E-state index in [1.165, 1.54) is 0 Å². The van der Waals surface area contributed by atoms with Crippen molar-refractivity contribution in [3.63, 3.8) is 0 Å². The average molecular weight is 370 g/mol. The number of nitrogens with zero attached hydrogens (tertiary/aromatic N) is 3. The van der Waals surface area contributed by atoms with Gasteiger partial charge in [-0.3, -0.25) is 14.7 Å². The van der Waals surface area contributed by atoms with Crippen LogP contribution in [0.1, 0.15) is 24.8 Å². The van der Waals surface area contributed by atoms with Crippen LogP contribution in [0.25, 0.3) is 0 Å². The van der Waals surface area contributed by atoms with E-state index < -0.39 is 0 Å². The first-order valence-corrected chi connectivity index (χ1v) is 9.43. The smallest absolute Gasteiger partial charge is 0.226 e. The lowest BCUT2D eigenvalue weighted by molar-refractivity contribution is -0.133. The number of aryl methyl sites for hydroxylation is 1. The first-order valence-electron chi connectivity index (χ1n) is 9.43. The van der Waals surface area contributed by atoms with Gasteiger partial charge in [-0.15, -0.1) is 0 Å². The van der Waals surface area contributed by atoms with E-state index in [1.807, 2.05) is 46.3 Å². The standard InChI is InChI=1S/C20H26N4O3/c25-19(8-7-17-15-21-22-16-17)23-10-4-11-24(13-12-23)20(26)9-14-27-18-5-2-1-3-6-18/h1-3,5-6,15-16H,4,7-14H2,(H,21,22). The SMILES string of the molecule is O=C(CCOc1ccccc1)N1CCCN(C(=O)CCc2cn[nH]c2)CC1. The van der Waals surface area contributed by atoms with E-state index in [1.54, 1.807) is 6.20 Å². The highest BCUT2D eigenvalue weighted by Gasteiger charge is 2.21. The Balaban J connectivity index is 1.39. The molecule has 7 nitrogen and oxygen atoms in total. The van der Waals surface area contributed by atoms with Crippen LogP contribution in [0.2, 0.25) is 0 Å². The second kappa shape index (κ2) is 9.75. The Morgan fingerprint density at radius 2 is 1.70 bits per heavy atom. The summed E-state index contributed by atoms with van der Waals surface area (Å²) in [7, 11) is 0. The van der Waals surface area contributed by atoms with Gasteiger partial charge in [-0.05, 0) is 30.5 Å². The molecule has 144 valence electrons. The van der Waals surface area contributed by atoms with Gasteiger partial charge in [-0.25, -0.2) is 0 Å². The molecule has 0 atom stereocenters. The maximum absolute atomic E-state index is 12.4. The lowest BCUT2D eigenvalue weighted by Gasteiger charge is -2.22. The molecular weight excluding hydrogens is 344 g/mol. The first-order chi connectivity index (χ1) is 13.2. The molecule has 0 saturated carbocycles. The van der Waals surface area contributed by atoms with Crippen molar-refractivity contribution in [2.45, 2.75) is 25.7 Å². The first kappa shape index (κ1) is 18.9. The summed E-state index contributed by atoms with van der Waals surface area (Å²) in [5.74, 6) is 0.993. The van der Waals surface area contributed by atoms with Gasteiger partial charge in [-0.2, -0.15) is 5.10 Å². The molecule has 1 aliphatic rings. The Morgan fingerprint density at radius 1 is 1.00 bits per heavy atom. The minimum absolute atomic E-state index is 0.0821. The van der Waals surface area contributed by atoms with Crippen molar-refractivity contribution < 1.29 is 14.3 Å². The van der Waals surface area contributed by atoms with E-state index in [0.29, 0.717) is 52.0 Å². The van der Waals surface area contributed by atoms with E-state index in [2.05, 4.69) is 10.2 Å². The molecule has 3 rings (SSSR count). The predicted octanol–water partition coefficient (Wildman–Crippen LogP) is 1.87. The molecule has 1 aromatic heterocycles. The van der Waals surface area contributed by atoms with Gasteiger partial charge in [0.15, 0.2) is 0 Å². The monoisotopic (exact) mass is 370 g/mol. The second-order valence-corrected chi connectivity index (χ2v) is 6.63. The number of amides is 2. The Morgan fingerprint density at radius 3 is 2.37 bits per heavy atom. The maximum Gasteiger partial charge on any atom is 0.226 e. The molecule has 1 fully saturated rings. The van der Waals surface area contributed by atoms with E-state index in [9.17, 15) is 9.59 Å². The van der Waals surface area contributed by atoms with Crippen molar-refractivity contribution in [1.82, 2.24) is 20.0 Å². The number of rotatable bonds is 7. The number of hydrogen-bond acceptors (Lipinski definition) is 4. The van der Waals surface area contributed by atoms with Crippen LogP contribution in [0.3, 0.4) is 0 Å². The van der Waals surface area contributed by atoms with Crippen LogP contribution in [-0.2, 0) is 16.0 Å². The van der Waals surface area contributed by atoms with Gasteiger partial charge >= 0.3 is 0 Å². The minimum Gasteiger partial charge on any atom is -0.493 e. The normalized spacial score (nSPS) is 14.7. The summed E-state index contributed by atoms with van der Waals surface area (Å²) in [5, 5.41) is 6.66. The molecule has 1 saturated heterocycles. The zero-order chi connectivity index (χ0) is 18.9. The number of benzene rings is 1. The van der Waals surface area contributed by atoms with Crippen LogP contribution in [0.15, 0.2) is 42.7 Å². The summed E-state index contributed by atoms with van der Waals surface area (Å²) in [6.45, 7) is 2.94. The Bertz CT molecular complexity index is 718. The zero-order valence-corrected chi connectivity index (χ0v) is 15.5. The van der Waals surface area contributed by atoms with Gasteiger partial charge in [0.2, 0.25) is 11.8 Å². The van der Waals surface area contributed by atoms with Gasteiger partial charge in [0.25, 0.3) is 0 Å². The lowest BCUT2D eigenvalue weighted by Crippen LogP contribution is -2.37. The molecule has 0 bridgehead atoms. The van der Waals surface area contributed by atoms with Crippen LogP contribution in [-0.4, -0.2) is 64.6 Å². The van der Waals surface area contributed by atoms with Crippen LogP contribution < -0.4 is 4.74 Å². The van der Waals surface area contributed by atoms with E-state index in [-0.39, 0.29) is 11.8 Å². The Kier molecular flexibility index (Phi) is 6.84. The number of nitrogens with one attached hydrogen (secondary N) is 1. The van der Waals surface area contributed by atoms with Gasteiger partial charge in [0.1, 0.15) is 5.75 Å². The van der Waals surface area contributed by atoms with E-state index in [4.69, 9.17) is 4.74 Å². The van der Waals surface area contributed by atoms with Crippen molar-refractivity contribution in [1.29, 1.82) is 0 Å². The third-order valence-electron chi connectivity index (χ3n) is 4.71. The third-order valence-corrected chi connectivity index (χ3v) is 4.71. The van der Waals surface area contributed by atoms with Crippen molar-refractivity contribution >= 4 is 11.8 Å². The van der Waals surface area contributed by atoms with E-state index >= 15 is 0 Å². The number of ether oxygens (including phenoxy) is 1.